The summed E-state index contributed by atoms with van der Waals surface area (Å²) in [7, 11) is 2.06. The van der Waals surface area contributed by atoms with Crippen LogP contribution in [0.5, 0.6) is 0 Å². The number of aromatic nitrogens is 1. The zero-order valence-electron chi connectivity index (χ0n) is 11.9. The van der Waals surface area contributed by atoms with Crippen molar-refractivity contribution in [2.45, 2.75) is 44.1 Å². The van der Waals surface area contributed by atoms with E-state index >= 15 is 0 Å². The van der Waals surface area contributed by atoms with Crippen LogP contribution in [0.2, 0.25) is 0 Å². The van der Waals surface area contributed by atoms with E-state index < -0.39 is 0 Å². The topological polar surface area (TPSA) is 24.9 Å². The molecule has 0 saturated heterocycles. The molecule has 0 bridgehead atoms. The molecule has 0 spiro atoms. The number of hydrogen-bond donors (Lipinski definition) is 1. The van der Waals surface area contributed by atoms with Gasteiger partial charge in [-0.1, -0.05) is 24.3 Å². The Morgan fingerprint density at radius 3 is 2.65 bits per heavy atom. The van der Waals surface area contributed by atoms with E-state index in [4.69, 9.17) is 4.98 Å². The second-order valence-electron chi connectivity index (χ2n) is 5.97. The summed E-state index contributed by atoms with van der Waals surface area (Å²) in [6.45, 7) is 0. The lowest BCUT2D eigenvalue weighted by Crippen LogP contribution is -2.21. The molecule has 0 amide bonds. The van der Waals surface area contributed by atoms with E-state index in [1.54, 1.807) is 0 Å². The Kier molecular flexibility index (Phi) is 3.12. The van der Waals surface area contributed by atoms with Gasteiger partial charge in [0.05, 0.1) is 16.7 Å². The minimum atomic E-state index is 0.479. The van der Waals surface area contributed by atoms with Gasteiger partial charge in [0.1, 0.15) is 0 Å². The van der Waals surface area contributed by atoms with Gasteiger partial charge in [-0.25, -0.2) is 4.98 Å². The van der Waals surface area contributed by atoms with Gasteiger partial charge in [-0.05, 0) is 50.3 Å². The fourth-order valence-corrected chi connectivity index (χ4v) is 4.90. The van der Waals surface area contributed by atoms with Crippen molar-refractivity contribution in [3.05, 3.63) is 51.0 Å². The number of thiazole rings is 1. The largest absolute Gasteiger partial charge is 0.312 e. The van der Waals surface area contributed by atoms with Gasteiger partial charge in [-0.15, -0.1) is 11.3 Å². The van der Waals surface area contributed by atoms with Crippen LogP contribution < -0.4 is 5.32 Å². The molecule has 1 atom stereocenters. The maximum Gasteiger partial charge on any atom is 0.0969 e. The summed E-state index contributed by atoms with van der Waals surface area (Å²) < 4.78 is 0. The summed E-state index contributed by atoms with van der Waals surface area (Å²) in [5.74, 6) is 0.612. The molecule has 0 fully saturated rings. The zero-order chi connectivity index (χ0) is 13.5. The highest BCUT2D eigenvalue weighted by Crippen LogP contribution is 2.40. The van der Waals surface area contributed by atoms with Crippen LogP contribution in [0.15, 0.2) is 24.3 Å². The van der Waals surface area contributed by atoms with Crippen molar-refractivity contribution in [1.82, 2.24) is 10.3 Å². The van der Waals surface area contributed by atoms with E-state index in [0.717, 1.165) is 0 Å². The van der Waals surface area contributed by atoms with E-state index in [1.165, 1.54) is 58.8 Å². The van der Waals surface area contributed by atoms with Crippen molar-refractivity contribution < 1.29 is 0 Å². The van der Waals surface area contributed by atoms with E-state index in [2.05, 4.69) is 36.6 Å². The molecule has 1 heterocycles. The van der Waals surface area contributed by atoms with Crippen molar-refractivity contribution in [2.75, 3.05) is 7.05 Å². The summed E-state index contributed by atoms with van der Waals surface area (Å²) in [5, 5.41) is 4.79. The third-order valence-electron chi connectivity index (χ3n) is 4.72. The molecule has 2 aromatic rings. The van der Waals surface area contributed by atoms with Crippen LogP contribution >= 0.6 is 11.3 Å². The van der Waals surface area contributed by atoms with Gasteiger partial charge in [-0.3, -0.25) is 0 Å². The number of benzene rings is 1. The molecular weight excluding hydrogens is 264 g/mol. The Bertz CT molecular complexity index is 607. The lowest BCUT2D eigenvalue weighted by atomic mass is 9.98. The number of rotatable bonds is 2. The predicted octanol–water partition coefficient (Wildman–Crippen LogP) is 3.62. The first-order chi connectivity index (χ1) is 9.85. The Morgan fingerprint density at radius 1 is 1.20 bits per heavy atom. The molecule has 2 aliphatic rings. The Balaban J connectivity index is 1.64. The molecular formula is C17H20N2S. The average molecular weight is 284 g/mol. The summed E-state index contributed by atoms with van der Waals surface area (Å²) in [5.41, 5.74) is 4.39. The monoisotopic (exact) mass is 284 g/mol. The average Bonchev–Trinajstić information content (AvgIpc) is 3.09. The van der Waals surface area contributed by atoms with Crippen LogP contribution in [0.3, 0.4) is 0 Å². The van der Waals surface area contributed by atoms with Crippen LogP contribution in [-0.2, 0) is 19.3 Å². The molecule has 4 rings (SSSR count). The first-order valence-corrected chi connectivity index (χ1v) is 8.40. The highest BCUT2D eigenvalue weighted by Gasteiger charge is 2.29. The molecule has 1 aromatic carbocycles. The van der Waals surface area contributed by atoms with Gasteiger partial charge in [0, 0.05) is 10.8 Å². The minimum absolute atomic E-state index is 0.479. The maximum atomic E-state index is 5.02. The second kappa shape index (κ2) is 4.97. The minimum Gasteiger partial charge on any atom is -0.312 e. The zero-order valence-corrected chi connectivity index (χ0v) is 12.7. The van der Waals surface area contributed by atoms with Crippen molar-refractivity contribution >= 4 is 11.3 Å². The molecule has 0 radical (unpaired) electrons. The third-order valence-corrected chi connectivity index (χ3v) is 6.01. The van der Waals surface area contributed by atoms with E-state index in [9.17, 15) is 0 Å². The predicted molar refractivity (Wildman–Crippen MR) is 83.4 cm³/mol. The van der Waals surface area contributed by atoms with Crippen LogP contribution in [0.25, 0.3) is 0 Å². The van der Waals surface area contributed by atoms with Gasteiger partial charge in [0.15, 0.2) is 0 Å². The SMILES string of the molecule is CNC1CCCc2sc(C3Cc4ccccc4C3)nc21. The fraction of sp³-hybridized carbons (Fsp3) is 0.471. The van der Waals surface area contributed by atoms with Crippen LogP contribution in [0.4, 0.5) is 0 Å². The molecule has 1 N–H and O–H groups in total. The van der Waals surface area contributed by atoms with Crippen LogP contribution in [0, 0.1) is 0 Å². The maximum absolute atomic E-state index is 5.02. The normalized spacial score (nSPS) is 21.8. The summed E-state index contributed by atoms with van der Waals surface area (Å²) in [6, 6.07) is 9.35. The molecule has 2 aliphatic carbocycles. The van der Waals surface area contributed by atoms with Crippen molar-refractivity contribution in [2.24, 2.45) is 0 Å². The number of hydrogen-bond acceptors (Lipinski definition) is 3. The van der Waals surface area contributed by atoms with E-state index in [0.29, 0.717) is 12.0 Å². The first kappa shape index (κ1) is 12.5. The molecule has 0 aliphatic heterocycles. The van der Waals surface area contributed by atoms with Gasteiger partial charge >= 0.3 is 0 Å². The standard InChI is InChI=1S/C17H20N2S/c1-18-14-7-4-8-15-16(14)19-17(20-15)13-9-11-5-2-3-6-12(11)10-13/h2-3,5-6,13-14,18H,4,7-10H2,1H3. The van der Waals surface area contributed by atoms with Crippen molar-refractivity contribution in [3.63, 3.8) is 0 Å². The number of fused-ring (bicyclic) bond motifs is 2. The quantitative estimate of drug-likeness (QED) is 0.911. The third kappa shape index (κ3) is 2.00. The molecule has 104 valence electrons. The lowest BCUT2D eigenvalue weighted by molar-refractivity contribution is 0.488. The van der Waals surface area contributed by atoms with Crippen molar-refractivity contribution in [3.8, 4) is 0 Å². The van der Waals surface area contributed by atoms with Gasteiger partial charge < -0.3 is 5.32 Å². The molecule has 20 heavy (non-hydrogen) atoms. The van der Waals surface area contributed by atoms with E-state index in [-0.39, 0.29) is 0 Å². The summed E-state index contributed by atoms with van der Waals surface area (Å²) >= 11 is 1.97. The lowest BCUT2D eigenvalue weighted by Gasteiger charge is -2.19. The van der Waals surface area contributed by atoms with E-state index in [1.807, 2.05) is 11.3 Å². The van der Waals surface area contributed by atoms with Crippen molar-refractivity contribution in [1.29, 1.82) is 0 Å². The van der Waals surface area contributed by atoms with Gasteiger partial charge in [0.25, 0.3) is 0 Å². The fourth-order valence-electron chi connectivity index (χ4n) is 3.63. The molecule has 1 unspecified atom stereocenters. The Morgan fingerprint density at radius 2 is 1.95 bits per heavy atom. The Labute approximate surface area is 124 Å². The highest BCUT2D eigenvalue weighted by atomic mass is 32.1. The number of nitrogens with zero attached hydrogens (tertiary/aromatic N) is 1. The molecule has 0 saturated carbocycles. The number of nitrogens with one attached hydrogen (secondary N) is 1. The molecule has 1 aromatic heterocycles. The van der Waals surface area contributed by atoms with Gasteiger partial charge in [0.2, 0.25) is 0 Å². The van der Waals surface area contributed by atoms with Crippen LogP contribution in [-0.4, -0.2) is 12.0 Å². The first-order valence-electron chi connectivity index (χ1n) is 7.58. The highest BCUT2D eigenvalue weighted by molar-refractivity contribution is 7.11. The smallest absolute Gasteiger partial charge is 0.0969 e. The van der Waals surface area contributed by atoms with Gasteiger partial charge in [-0.2, -0.15) is 0 Å². The summed E-state index contributed by atoms with van der Waals surface area (Å²) in [6.07, 6.45) is 6.10. The number of aryl methyl sites for hydroxylation is 1. The van der Waals surface area contributed by atoms with Crippen LogP contribution in [0.1, 0.15) is 51.5 Å². The summed E-state index contributed by atoms with van der Waals surface area (Å²) in [4.78, 5) is 6.55. The second-order valence-corrected chi connectivity index (χ2v) is 7.08. The Hall–Kier alpha value is -1.19. The molecule has 3 heteroatoms. The molecule has 2 nitrogen and oxygen atoms in total.